The van der Waals surface area contributed by atoms with Crippen molar-refractivity contribution in [2.24, 2.45) is 5.90 Å². The van der Waals surface area contributed by atoms with Crippen molar-refractivity contribution in [3.05, 3.63) is 12.7 Å². The van der Waals surface area contributed by atoms with Gasteiger partial charge in [0.25, 0.3) is 0 Å². The third-order valence-corrected chi connectivity index (χ3v) is 0.283. The molecule has 4 heteroatoms. The zero-order valence-electron chi connectivity index (χ0n) is 3.51. The van der Waals surface area contributed by atoms with Gasteiger partial charge < -0.3 is 4.84 Å². The Hall–Kier alpha value is 0.456. The van der Waals surface area contributed by atoms with Gasteiger partial charge in [0.15, 0.2) is 0 Å². The fourth-order valence-electron chi connectivity index (χ4n) is 0.0481. The minimum absolute atomic E-state index is 0. The van der Waals surface area contributed by atoms with E-state index in [9.17, 15) is 4.79 Å². The molecule has 0 fully saturated rings. The first-order valence-corrected chi connectivity index (χ1v) is 1.34. The summed E-state index contributed by atoms with van der Waals surface area (Å²) in [5.74, 6) is 3.75. The standard InChI is InChI=1S/C3H5NO2.Tb/c1-2-3(5)6-4;/h2H,1,4H2;. The van der Waals surface area contributed by atoms with E-state index < -0.39 is 5.97 Å². The molecule has 7 heavy (non-hydrogen) atoms. The fraction of sp³-hybridized carbons (Fsp3) is 0. The summed E-state index contributed by atoms with van der Waals surface area (Å²) in [6, 6.07) is 0. The van der Waals surface area contributed by atoms with Crippen LogP contribution in [0, 0.1) is 38.6 Å². The van der Waals surface area contributed by atoms with Crippen LogP contribution >= 0.6 is 0 Å². The summed E-state index contributed by atoms with van der Waals surface area (Å²) in [5.41, 5.74) is 0. The molecule has 0 aromatic carbocycles. The summed E-state index contributed by atoms with van der Waals surface area (Å²) < 4.78 is 0. The monoisotopic (exact) mass is 246 g/mol. The number of hydrogen-bond acceptors (Lipinski definition) is 3. The number of carbonyl (C=O) groups excluding carboxylic acids is 1. The molecule has 0 aromatic rings. The molecule has 43 valence electrons. The van der Waals surface area contributed by atoms with Gasteiger partial charge >= 0.3 is 5.97 Å². The van der Waals surface area contributed by atoms with Crippen LogP contribution in [0.1, 0.15) is 0 Å². The largest absolute Gasteiger partial charge is 0.370 e. The Morgan fingerprint density at radius 3 is 2.29 bits per heavy atom. The summed E-state index contributed by atoms with van der Waals surface area (Å²) in [6.07, 6.45) is 0.986. The maximum atomic E-state index is 9.72. The Labute approximate surface area is 72.3 Å². The predicted octanol–water partition coefficient (Wildman–Crippen LogP) is -0.411. The summed E-state index contributed by atoms with van der Waals surface area (Å²) in [4.78, 5) is 13.4. The van der Waals surface area contributed by atoms with Crippen molar-refractivity contribution < 1.29 is 48.2 Å². The molecule has 0 spiro atoms. The van der Waals surface area contributed by atoms with Crippen molar-refractivity contribution in [3.8, 4) is 0 Å². The maximum absolute atomic E-state index is 9.72. The Morgan fingerprint density at radius 1 is 1.86 bits per heavy atom. The summed E-state index contributed by atoms with van der Waals surface area (Å²) in [7, 11) is 0. The van der Waals surface area contributed by atoms with Crippen LogP contribution in [0.25, 0.3) is 0 Å². The summed E-state index contributed by atoms with van der Waals surface area (Å²) >= 11 is 0. The predicted molar refractivity (Wildman–Crippen MR) is 20.5 cm³/mol. The number of hydrogen-bond donors (Lipinski definition) is 1. The molecular weight excluding hydrogens is 241 g/mol. The molecule has 0 rings (SSSR count). The van der Waals surface area contributed by atoms with Crippen molar-refractivity contribution in [2.45, 2.75) is 0 Å². The molecule has 0 amide bonds. The zero-order valence-corrected chi connectivity index (χ0v) is 5.65. The third-order valence-electron chi connectivity index (χ3n) is 0.283. The molecule has 0 unspecified atom stereocenters. The molecule has 0 saturated carbocycles. The maximum Gasteiger partial charge on any atom is 0.348 e. The van der Waals surface area contributed by atoms with Crippen molar-refractivity contribution in [1.29, 1.82) is 0 Å². The first-order chi connectivity index (χ1) is 2.81. The summed E-state index contributed by atoms with van der Waals surface area (Å²) in [6.45, 7) is 3.08. The number of carbonyl (C=O) groups is 1. The van der Waals surface area contributed by atoms with Crippen molar-refractivity contribution >= 4 is 5.97 Å². The smallest absolute Gasteiger partial charge is 0.348 e. The Morgan fingerprint density at radius 2 is 2.29 bits per heavy atom. The van der Waals surface area contributed by atoms with Gasteiger partial charge in [-0.15, -0.1) is 0 Å². The van der Waals surface area contributed by atoms with Gasteiger partial charge in [-0.25, -0.2) is 4.79 Å². The van der Waals surface area contributed by atoms with E-state index in [1.165, 1.54) is 0 Å². The second-order valence-corrected chi connectivity index (χ2v) is 0.641. The normalized spacial score (nSPS) is 5.86. The van der Waals surface area contributed by atoms with Gasteiger partial charge in [0.05, 0.1) is 0 Å². The molecule has 0 aliphatic heterocycles. The van der Waals surface area contributed by atoms with Gasteiger partial charge in [-0.1, -0.05) is 6.58 Å². The molecule has 0 aromatic heterocycles. The van der Waals surface area contributed by atoms with Gasteiger partial charge in [0.1, 0.15) is 0 Å². The van der Waals surface area contributed by atoms with Crippen LogP contribution < -0.4 is 5.90 Å². The fourth-order valence-corrected chi connectivity index (χ4v) is 0.0481. The van der Waals surface area contributed by atoms with Crippen LogP contribution in [0.3, 0.4) is 0 Å². The number of nitrogens with two attached hydrogens (primary N) is 1. The van der Waals surface area contributed by atoms with Crippen LogP contribution in [0.5, 0.6) is 0 Å². The Kier molecular flexibility index (Phi) is 9.63. The van der Waals surface area contributed by atoms with Gasteiger partial charge in [0.2, 0.25) is 0 Å². The van der Waals surface area contributed by atoms with Crippen LogP contribution in [0.15, 0.2) is 12.7 Å². The minimum atomic E-state index is -0.616. The third kappa shape index (κ3) is 6.46. The average molecular weight is 246 g/mol. The second-order valence-electron chi connectivity index (χ2n) is 0.641. The van der Waals surface area contributed by atoms with Crippen LogP contribution in [0.4, 0.5) is 0 Å². The second kappa shape index (κ2) is 6.46. The first-order valence-electron chi connectivity index (χ1n) is 1.34. The molecule has 2 N–H and O–H groups in total. The molecule has 0 bridgehead atoms. The quantitative estimate of drug-likeness (QED) is 0.505. The van der Waals surface area contributed by atoms with Crippen LogP contribution in [-0.4, -0.2) is 5.97 Å². The molecule has 0 aliphatic carbocycles. The van der Waals surface area contributed by atoms with E-state index in [4.69, 9.17) is 0 Å². The Balaban J connectivity index is 0. The summed E-state index contributed by atoms with van der Waals surface area (Å²) in [5, 5.41) is 0. The minimum Gasteiger partial charge on any atom is -0.370 e. The molecule has 3 nitrogen and oxygen atoms in total. The van der Waals surface area contributed by atoms with E-state index in [0.717, 1.165) is 6.08 Å². The van der Waals surface area contributed by atoms with E-state index in [0.29, 0.717) is 0 Å². The molecule has 0 aliphatic rings. The molecular formula is C3H5NO2Tb. The van der Waals surface area contributed by atoms with Crippen molar-refractivity contribution in [3.63, 3.8) is 0 Å². The van der Waals surface area contributed by atoms with Gasteiger partial charge in [-0.2, -0.15) is 5.90 Å². The molecule has 0 atom stereocenters. The van der Waals surface area contributed by atoms with Crippen molar-refractivity contribution in [1.82, 2.24) is 0 Å². The van der Waals surface area contributed by atoms with Gasteiger partial charge in [-0.05, 0) is 0 Å². The number of rotatable bonds is 1. The van der Waals surface area contributed by atoms with Gasteiger partial charge in [-0.3, -0.25) is 0 Å². The molecule has 0 saturated heterocycles. The first kappa shape index (κ1) is 10.4. The Bertz CT molecular complexity index is 73.3. The van der Waals surface area contributed by atoms with E-state index in [1.54, 1.807) is 0 Å². The molecule has 1 radical (unpaired) electrons. The molecule has 0 heterocycles. The van der Waals surface area contributed by atoms with Gasteiger partial charge in [0, 0.05) is 44.7 Å². The van der Waals surface area contributed by atoms with E-state index in [1.807, 2.05) is 0 Å². The van der Waals surface area contributed by atoms with E-state index in [2.05, 4.69) is 17.3 Å². The zero-order chi connectivity index (χ0) is 4.99. The average Bonchev–Trinajstić information content (AvgIpc) is 1.65. The van der Waals surface area contributed by atoms with Crippen LogP contribution in [0.2, 0.25) is 0 Å². The van der Waals surface area contributed by atoms with E-state index >= 15 is 0 Å². The van der Waals surface area contributed by atoms with E-state index in [-0.39, 0.29) is 38.6 Å². The topological polar surface area (TPSA) is 52.3 Å². The SMILES string of the molecule is C=CC(=O)ON.[Tb]. The van der Waals surface area contributed by atoms with Crippen molar-refractivity contribution in [2.75, 3.05) is 0 Å². The van der Waals surface area contributed by atoms with Crippen LogP contribution in [-0.2, 0) is 9.63 Å².